The van der Waals surface area contributed by atoms with E-state index in [4.69, 9.17) is 0 Å². The molecule has 0 saturated carbocycles. The molecular formula is C16H29N5. The molecule has 1 aromatic rings. The third-order valence-electron chi connectivity index (χ3n) is 3.87. The Balaban J connectivity index is 1.90. The molecule has 0 aromatic carbocycles. The molecule has 2 heterocycles. The maximum absolute atomic E-state index is 4.59. The quantitative estimate of drug-likeness (QED) is 0.809. The maximum Gasteiger partial charge on any atom is 0.224 e. The smallest absolute Gasteiger partial charge is 0.224 e. The number of anilines is 2. The van der Waals surface area contributed by atoms with Crippen LogP contribution in [0.2, 0.25) is 0 Å². The van der Waals surface area contributed by atoms with Crippen LogP contribution >= 0.6 is 0 Å². The Kier molecular flexibility index (Phi) is 6.23. The van der Waals surface area contributed by atoms with E-state index in [2.05, 4.69) is 46.3 Å². The summed E-state index contributed by atoms with van der Waals surface area (Å²) < 4.78 is 0. The number of aromatic nitrogens is 2. The van der Waals surface area contributed by atoms with Crippen molar-refractivity contribution in [3.05, 3.63) is 11.8 Å². The number of nitrogens with one attached hydrogen (secondary N) is 2. The fourth-order valence-corrected chi connectivity index (χ4v) is 2.72. The van der Waals surface area contributed by atoms with Crippen molar-refractivity contribution >= 4 is 11.8 Å². The molecule has 2 N–H and O–H groups in total. The third kappa shape index (κ3) is 5.16. The molecule has 0 amide bonds. The highest BCUT2D eigenvalue weighted by atomic mass is 15.2. The Morgan fingerprint density at radius 2 is 2.05 bits per heavy atom. The minimum absolute atomic E-state index is 0.399. The summed E-state index contributed by atoms with van der Waals surface area (Å²) in [7, 11) is 0. The van der Waals surface area contributed by atoms with Gasteiger partial charge in [0.15, 0.2) is 0 Å². The second-order valence-corrected chi connectivity index (χ2v) is 6.06. The van der Waals surface area contributed by atoms with Crippen molar-refractivity contribution in [2.45, 2.75) is 52.5 Å². The number of likely N-dealkylation sites (tertiary alicyclic amines) is 1. The summed E-state index contributed by atoms with van der Waals surface area (Å²) in [5.41, 5.74) is 1.10. The first-order valence-electron chi connectivity index (χ1n) is 8.25. The summed E-state index contributed by atoms with van der Waals surface area (Å²) in [4.78, 5) is 11.5. The predicted octanol–water partition coefficient (Wildman–Crippen LogP) is 2.89. The molecule has 1 aliphatic rings. The van der Waals surface area contributed by atoms with E-state index in [1.807, 2.05) is 6.20 Å². The van der Waals surface area contributed by atoms with Gasteiger partial charge in [-0.15, -0.1) is 0 Å². The molecule has 21 heavy (non-hydrogen) atoms. The Bertz CT molecular complexity index is 429. The molecule has 0 spiro atoms. The van der Waals surface area contributed by atoms with Gasteiger partial charge < -0.3 is 15.5 Å². The van der Waals surface area contributed by atoms with Gasteiger partial charge in [-0.3, -0.25) is 0 Å². The molecule has 118 valence electrons. The SMILES string of the molecule is CCCNc1ncc(C)c(NC(C)CN2CCCCC2)n1. The van der Waals surface area contributed by atoms with E-state index in [1.165, 1.54) is 32.4 Å². The number of aryl methyl sites for hydroxylation is 1. The number of nitrogens with zero attached hydrogens (tertiary/aromatic N) is 3. The van der Waals surface area contributed by atoms with Crippen molar-refractivity contribution in [1.29, 1.82) is 0 Å². The van der Waals surface area contributed by atoms with Crippen LogP contribution in [0.25, 0.3) is 0 Å². The van der Waals surface area contributed by atoms with Gasteiger partial charge in [-0.25, -0.2) is 4.98 Å². The molecule has 0 radical (unpaired) electrons. The fraction of sp³-hybridized carbons (Fsp3) is 0.750. The average molecular weight is 291 g/mol. The van der Waals surface area contributed by atoms with Gasteiger partial charge in [0.1, 0.15) is 5.82 Å². The van der Waals surface area contributed by atoms with Crippen LogP contribution in [0.5, 0.6) is 0 Å². The minimum Gasteiger partial charge on any atom is -0.366 e. The molecule has 5 nitrogen and oxygen atoms in total. The van der Waals surface area contributed by atoms with Crippen LogP contribution in [-0.2, 0) is 0 Å². The second-order valence-electron chi connectivity index (χ2n) is 6.06. The zero-order chi connectivity index (χ0) is 15.1. The van der Waals surface area contributed by atoms with Gasteiger partial charge in [-0.2, -0.15) is 4.98 Å². The van der Waals surface area contributed by atoms with Gasteiger partial charge in [0.05, 0.1) is 0 Å². The zero-order valence-corrected chi connectivity index (χ0v) is 13.7. The lowest BCUT2D eigenvalue weighted by molar-refractivity contribution is 0.223. The van der Waals surface area contributed by atoms with Gasteiger partial charge in [0.2, 0.25) is 5.95 Å². The standard InChI is InChI=1S/C16H29N5/c1-4-8-17-16-18-11-13(2)15(20-16)19-14(3)12-21-9-6-5-7-10-21/h11,14H,4-10,12H2,1-3H3,(H2,17,18,19,20). The number of piperidine rings is 1. The monoisotopic (exact) mass is 291 g/mol. The van der Waals surface area contributed by atoms with Crippen molar-refractivity contribution in [2.24, 2.45) is 0 Å². The molecule has 2 rings (SSSR count). The topological polar surface area (TPSA) is 53.1 Å². The molecule has 1 atom stereocenters. The Morgan fingerprint density at radius 1 is 1.29 bits per heavy atom. The highest BCUT2D eigenvalue weighted by Crippen LogP contribution is 2.15. The van der Waals surface area contributed by atoms with Gasteiger partial charge in [0, 0.05) is 30.9 Å². The minimum atomic E-state index is 0.399. The van der Waals surface area contributed by atoms with Crippen LogP contribution in [0.15, 0.2) is 6.20 Å². The predicted molar refractivity (Wildman–Crippen MR) is 88.9 cm³/mol. The summed E-state index contributed by atoms with van der Waals surface area (Å²) in [6.45, 7) is 10.9. The van der Waals surface area contributed by atoms with Crippen LogP contribution < -0.4 is 10.6 Å². The van der Waals surface area contributed by atoms with Gasteiger partial charge in [-0.1, -0.05) is 13.3 Å². The maximum atomic E-state index is 4.59. The van der Waals surface area contributed by atoms with Crippen molar-refractivity contribution in [3.63, 3.8) is 0 Å². The second kappa shape index (κ2) is 8.17. The Hall–Kier alpha value is -1.36. The van der Waals surface area contributed by atoms with E-state index in [9.17, 15) is 0 Å². The summed E-state index contributed by atoms with van der Waals surface area (Å²) in [5, 5.41) is 6.79. The first kappa shape index (κ1) is 16.0. The number of rotatable bonds is 7. The molecule has 1 saturated heterocycles. The molecule has 5 heteroatoms. The van der Waals surface area contributed by atoms with E-state index in [1.54, 1.807) is 0 Å². The Morgan fingerprint density at radius 3 is 2.76 bits per heavy atom. The fourth-order valence-electron chi connectivity index (χ4n) is 2.72. The van der Waals surface area contributed by atoms with Crippen LogP contribution in [-0.4, -0.2) is 47.1 Å². The molecule has 0 bridgehead atoms. The summed E-state index contributed by atoms with van der Waals surface area (Å²) in [6, 6.07) is 0.399. The van der Waals surface area contributed by atoms with Crippen molar-refractivity contribution < 1.29 is 0 Å². The van der Waals surface area contributed by atoms with E-state index in [-0.39, 0.29) is 0 Å². The normalized spacial score (nSPS) is 17.5. The lowest BCUT2D eigenvalue weighted by Gasteiger charge is -2.29. The molecular weight excluding hydrogens is 262 g/mol. The lowest BCUT2D eigenvalue weighted by Crippen LogP contribution is -2.38. The Labute approximate surface area is 128 Å². The van der Waals surface area contributed by atoms with Crippen molar-refractivity contribution in [2.75, 3.05) is 36.8 Å². The third-order valence-corrected chi connectivity index (χ3v) is 3.87. The zero-order valence-electron chi connectivity index (χ0n) is 13.7. The lowest BCUT2D eigenvalue weighted by atomic mass is 10.1. The van der Waals surface area contributed by atoms with Crippen molar-refractivity contribution in [1.82, 2.24) is 14.9 Å². The first-order chi connectivity index (χ1) is 10.2. The average Bonchev–Trinajstić information content (AvgIpc) is 2.49. The molecule has 1 fully saturated rings. The largest absolute Gasteiger partial charge is 0.366 e. The summed E-state index contributed by atoms with van der Waals surface area (Å²) in [6.07, 6.45) is 7.02. The van der Waals surface area contributed by atoms with Gasteiger partial charge in [-0.05, 0) is 46.2 Å². The highest BCUT2D eigenvalue weighted by molar-refractivity contribution is 5.47. The van der Waals surface area contributed by atoms with Crippen LogP contribution in [0.4, 0.5) is 11.8 Å². The van der Waals surface area contributed by atoms with E-state index in [0.717, 1.165) is 36.8 Å². The number of hydrogen-bond donors (Lipinski definition) is 2. The van der Waals surface area contributed by atoms with E-state index >= 15 is 0 Å². The molecule has 1 aromatic heterocycles. The number of hydrogen-bond acceptors (Lipinski definition) is 5. The first-order valence-corrected chi connectivity index (χ1v) is 8.25. The molecule has 1 aliphatic heterocycles. The summed E-state index contributed by atoms with van der Waals surface area (Å²) >= 11 is 0. The summed E-state index contributed by atoms with van der Waals surface area (Å²) in [5.74, 6) is 1.67. The van der Waals surface area contributed by atoms with Crippen LogP contribution in [0, 0.1) is 6.92 Å². The highest BCUT2D eigenvalue weighted by Gasteiger charge is 2.14. The van der Waals surface area contributed by atoms with Crippen molar-refractivity contribution in [3.8, 4) is 0 Å². The molecule has 0 aliphatic carbocycles. The van der Waals surface area contributed by atoms with Crippen LogP contribution in [0.3, 0.4) is 0 Å². The van der Waals surface area contributed by atoms with Crippen LogP contribution in [0.1, 0.15) is 45.1 Å². The van der Waals surface area contributed by atoms with Gasteiger partial charge >= 0.3 is 0 Å². The van der Waals surface area contributed by atoms with E-state index in [0.29, 0.717) is 6.04 Å². The van der Waals surface area contributed by atoms with Gasteiger partial charge in [0.25, 0.3) is 0 Å². The van der Waals surface area contributed by atoms with E-state index < -0.39 is 0 Å². The molecule has 1 unspecified atom stereocenters.